The van der Waals surface area contributed by atoms with Gasteiger partial charge in [0, 0.05) is 20.0 Å². The first kappa shape index (κ1) is 32.7. The number of nitrogens with one attached hydrogen (secondary N) is 3. The molecule has 0 aromatic carbocycles. The molecule has 1 aliphatic rings. The molecule has 1 heterocycles. The lowest BCUT2D eigenvalue weighted by molar-refractivity contribution is -0.202. The van der Waals surface area contributed by atoms with Crippen molar-refractivity contribution in [2.24, 2.45) is 5.73 Å². The zero-order valence-electron chi connectivity index (χ0n) is 22.0. The fraction of sp³-hybridized carbons (Fsp3) is 0.708. The summed E-state index contributed by atoms with van der Waals surface area (Å²) in [6.07, 6.45) is 1.53. The van der Waals surface area contributed by atoms with Crippen molar-refractivity contribution >= 4 is 29.7 Å². The Morgan fingerprint density at radius 2 is 1.63 bits per heavy atom. The van der Waals surface area contributed by atoms with Gasteiger partial charge in [-0.25, -0.2) is 9.59 Å². The minimum absolute atomic E-state index is 0.322. The Balaban J connectivity index is 3.19. The maximum atomic E-state index is 13.6. The first-order chi connectivity index (χ1) is 17.8. The Bertz CT molecular complexity index is 880. The minimum Gasteiger partial charge on any atom is -0.471 e. The molecule has 1 aliphatic heterocycles. The van der Waals surface area contributed by atoms with Gasteiger partial charge in [0.15, 0.2) is 12.1 Å². The number of carbonyl (C=O) groups excluding carboxylic acids is 4. The van der Waals surface area contributed by atoms with Crippen LogP contribution in [0.25, 0.3) is 0 Å². The zero-order chi connectivity index (χ0) is 28.9. The summed E-state index contributed by atoms with van der Waals surface area (Å²) in [6.45, 7) is 5.82. The van der Waals surface area contributed by atoms with Gasteiger partial charge >= 0.3 is 18.1 Å². The molecule has 0 aromatic rings. The monoisotopic (exact) mass is 549 g/mol. The van der Waals surface area contributed by atoms with Crippen LogP contribution in [0.4, 0.5) is 13.2 Å². The summed E-state index contributed by atoms with van der Waals surface area (Å²) in [7, 11) is 0. The summed E-state index contributed by atoms with van der Waals surface area (Å²) in [5, 5.41) is 12.5. The van der Waals surface area contributed by atoms with Gasteiger partial charge in [0.2, 0.25) is 11.7 Å². The van der Waals surface area contributed by atoms with Crippen molar-refractivity contribution in [3.05, 3.63) is 11.8 Å². The predicted octanol–water partition coefficient (Wildman–Crippen LogP) is 2.25. The third-order valence-electron chi connectivity index (χ3n) is 5.69. The molecule has 0 saturated carbocycles. The molecule has 0 saturated heterocycles. The number of halogens is 3. The number of rotatable bonds is 14. The fourth-order valence-corrected chi connectivity index (χ4v) is 3.97. The Hall–Kier alpha value is -3.32. The maximum Gasteiger partial charge on any atom is 0.491 e. The standard InChI is InChI=1S/C24H38F3N5O6/c1-4-6-7-8-9-10-11-13-32(12-5-2)20(34)19-18(30-15(3)33)16(31-23(28)29)14-17(37-19)21(35)38-22(36)24(25,26)27/h14,16,18-19H,4-13H2,1-3H3,(H,30,33)(H4,28,29,31)/t16-,18+,19+/m0/s1. The number of carbonyl (C=O) groups is 4. The average Bonchev–Trinajstić information content (AvgIpc) is 2.82. The molecular formula is C24H38F3N5O6. The van der Waals surface area contributed by atoms with Crippen molar-refractivity contribution in [2.75, 3.05) is 13.1 Å². The minimum atomic E-state index is -5.44. The average molecular weight is 550 g/mol. The van der Waals surface area contributed by atoms with Gasteiger partial charge in [-0.15, -0.1) is 0 Å². The second-order valence-electron chi connectivity index (χ2n) is 9.00. The second kappa shape index (κ2) is 15.8. The van der Waals surface area contributed by atoms with E-state index in [0.717, 1.165) is 44.6 Å². The number of amides is 2. The lowest BCUT2D eigenvalue weighted by Gasteiger charge is -2.38. The molecule has 0 bridgehead atoms. The molecular weight excluding hydrogens is 511 g/mol. The van der Waals surface area contributed by atoms with Crippen molar-refractivity contribution in [3.8, 4) is 0 Å². The number of nitrogens with zero attached hydrogens (tertiary/aromatic N) is 1. The topological polar surface area (TPSA) is 164 Å². The van der Waals surface area contributed by atoms with Crippen LogP contribution in [0, 0.1) is 5.41 Å². The quantitative estimate of drug-likeness (QED) is 0.0843. The van der Waals surface area contributed by atoms with E-state index in [-0.39, 0.29) is 0 Å². The lowest BCUT2D eigenvalue weighted by atomic mass is 9.96. The van der Waals surface area contributed by atoms with Crippen LogP contribution in [-0.4, -0.2) is 72.1 Å². The summed E-state index contributed by atoms with van der Waals surface area (Å²) in [6, 6.07) is -2.41. The number of nitrogens with two attached hydrogens (primary N) is 1. The maximum absolute atomic E-state index is 13.6. The molecule has 0 aromatic heterocycles. The van der Waals surface area contributed by atoms with Gasteiger partial charge in [0.05, 0.1) is 12.1 Å². The van der Waals surface area contributed by atoms with E-state index in [4.69, 9.17) is 15.9 Å². The van der Waals surface area contributed by atoms with Gasteiger partial charge < -0.3 is 30.7 Å². The van der Waals surface area contributed by atoms with Gasteiger partial charge in [-0.2, -0.15) is 13.2 Å². The normalized spacial score (nSPS) is 19.0. The molecule has 38 heavy (non-hydrogen) atoms. The molecule has 0 spiro atoms. The van der Waals surface area contributed by atoms with E-state index in [1.807, 2.05) is 6.92 Å². The molecule has 0 aliphatic carbocycles. The van der Waals surface area contributed by atoms with Crippen molar-refractivity contribution in [2.45, 2.75) is 96.5 Å². The van der Waals surface area contributed by atoms with E-state index in [0.29, 0.717) is 25.9 Å². The van der Waals surface area contributed by atoms with E-state index in [2.05, 4.69) is 22.3 Å². The summed E-state index contributed by atoms with van der Waals surface area (Å²) in [5.41, 5.74) is 5.40. The third-order valence-corrected chi connectivity index (χ3v) is 5.69. The van der Waals surface area contributed by atoms with Crippen LogP contribution in [0.1, 0.15) is 72.1 Å². The van der Waals surface area contributed by atoms with Gasteiger partial charge in [0.1, 0.15) is 0 Å². The Labute approximate surface area is 220 Å². The smallest absolute Gasteiger partial charge is 0.471 e. The summed E-state index contributed by atoms with van der Waals surface area (Å²) < 4.78 is 47.1. The largest absolute Gasteiger partial charge is 0.491 e. The number of guanidine groups is 1. The van der Waals surface area contributed by atoms with Crippen LogP contribution in [-0.2, 0) is 28.7 Å². The van der Waals surface area contributed by atoms with Gasteiger partial charge in [-0.05, 0) is 18.9 Å². The molecule has 0 radical (unpaired) electrons. The first-order valence-electron chi connectivity index (χ1n) is 12.7. The molecule has 0 fully saturated rings. The number of alkyl halides is 3. The third kappa shape index (κ3) is 11.0. The molecule has 0 unspecified atom stereocenters. The van der Waals surface area contributed by atoms with Crippen LogP contribution in [0.5, 0.6) is 0 Å². The number of hydrogen-bond acceptors (Lipinski definition) is 7. The highest BCUT2D eigenvalue weighted by Crippen LogP contribution is 2.24. The van der Waals surface area contributed by atoms with Crippen LogP contribution < -0.4 is 16.4 Å². The van der Waals surface area contributed by atoms with E-state index in [9.17, 15) is 32.3 Å². The molecule has 2 amide bonds. The number of hydrogen-bond donors (Lipinski definition) is 4. The molecule has 5 N–H and O–H groups in total. The molecule has 216 valence electrons. The van der Waals surface area contributed by atoms with E-state index in [1.165, 1.54) is 11.8 Å². The lowest BCUT2D eigenvalue weighted by Crippen LogP contribution is -2.63. The number of unbranched alkanes of at least 4 members (excludes halogenated alkanes) is 6. The molecule has 1 rings (SSSR count). The predicted molar refractivity (Wildman–Crippen MR) is 131 cm³/mol. The van der Waals surface area contributed by atoms with Crippen molar-refractivity contribution in [1.29, 1.82) is 5.41 Å². The summed E-state index contributed by atoms with van der Waals surface area (Å²) in [4.78, 5) is 50.5. The number of ether oxygens (including phenoxy) is 2. The second-order valence-corrected chi connectivity index (χ2v) is 9.00. The van der Waals surface area contributed by atoms with Crippen molar-refractivity contribution in [3.63, 3.8) is 0 Å². The van der Waals surface area contributed by atoms with Crippen LogP contribution in [0.15, 0.2) is 11.8 Å². The Morgan fingerprint density at radius 1 is 1.03 bits per heavy atom. The highest BCUT2D eigenvalue weighted by molar-refractivity contribution is 5.97. The van der Waals surface area contributed by atoms with E-state index >= 15 is 0 Å². The number of esters is 2. The van der Waals surface area contributed by atoms with Gasteiger partial charge in [-0.1, -0.05) is 52.4 Å². The molecule has 14 heteroatoms. The highest BCUT2D eigenvalue weighted by atomic mass is 19.4. The van der Waals surface area contributed by atoms with Crippen LogP contribution in [0.3, 0.4) is 0 Å². The zero-order valence-corrected chi connectivity index (χ0v) is 22.0. The van der Waals surface area contributed by atoms with Gasteiger partial charge in [-0.3, -0.25) is 15.0 Å². The van der Waals surface area contributed by atoms with Crippen LogP contribution >= 0.6 is 0 Å². The Morgan fingerprint density at radius 3 is 2.16 bits per heavy atom. The Kier molecular flexibility index (Phi) is 13.6. The van der Waals surface area contributed by atoms with Crippen molar-refractivity contribution < 1.29 is 41.8 Å². The first-order valence-corrected chi connectivity index (χ1v) is 12.7. The van der Waals surface area contributed by atoms with Crippen molar-refractivity contribution in [1.82, 2.24) is 15.5 Å². The fourth-order valence-electron chi connectivity index (χ4n) is 3.97. The van der Waals surface area contributed by atoms with E-state index in [1.54, 1.807) is 0 Å². The van der Waals surface area contributed by atoms with Gasteiger partial charge in [0.25, 0.3) is 5.91 Å². The molecule has 3 atom stereocenters. The molecule has 11 nitrogen and oxygen atoms in total. The van der Waals surface area contributed by atoms with E-state index < -0.39 is 59.8 Å². The summed E-state index contributed by atoms with van der Waals surface area (Å²) in [5.74, 6) is -7.23. The SMILES string of the molecule is CCCCCCCCCN(CCC)C(=O)[C@@H]1OC(C(=O)OC(=O)C(F)(F)F)=C[C@H](NC(=N)N)[C@H]1NC(C)=O. The highest BCUT2D eigenvalue weighted by Gasteiger charge is 2.46. The summed E-state index contributed by atoms with van der Waals surface area (Å²) >= 11 is 0. The van der Waals surface area contributed by atoms with Crippen LogP contribution in [0.2, 0.25) is 0 Å².